The number of nitrogens with one attached hydrogen (secondary N) is 1. The lowest BCUT2D eigenvalue weighted by Crippen LogP contribution is -2.03. The summed E-state index contributed by atoms with van der Waals surface area (Å²) >= 11 is 0. The first-order valence-electron chi connectivity index (χ1n) is 8.77. The van der Waals surface area contributed by atoms with Gasteiger partial charge in [0.05, 0.1) is 14.2 Å². The molecule has 2 aromatic heterocycles. The molecule has 0 saturated carbocycles. The van der Waals surface area contributed by atoms with E-state index in [0.29, 0.717) is 6.54 Å². The van der Waals surface area contributed by atoms with Crippen LogP contribution in [0.4, 0.5) is 5.82 Å². The summed E-state index contributed by atoms with van der Waals surface area (Å²) in [7, 11) is 3.34. The van der Waals surface area contributed by atoms with E-state index in [1.807, 2.05) is 60.8 Å². The van der Waals surface area contributed by atoms with E-state index in [1.165, 1.54) is 5.56 Å². The summed E-state index contributed by atoms with van der Waals surface area (Å²) in [4.78, 5) is 4.82. The lowest BCUT2D eigenvalue weighted by atomic mass is 10.1. The van der Waals surface area contributed by atoms with Crippen LogP contribution in [0.1, 0.15) is 5.56 Å². The minimum Gasteiger partial charge on any atom is -0.497 e. The van der Waals surface area contributed by atoms with Crippen LogP contribution in [0, 0.1) is 0 Å². The number of anilines is 1. The van der Waals surface area contributed by atoms with Gasteiger partial charge in [0.1, 0.15) is 28.7 Å². The van der Waals surface area contributed by atoms with Crippen LogP contribution >= 0.6 is 0 Å². The molecule has 0 saturated heterocycles. The Kier molecular flexibility index (Phi) is 4.66. The van der Waals surface area contributed by atoms with Crippen molar-refractivity contribution in [3.05, 3.63) is 78.5 Å². The molecule has 0 bridgehead atoms. The van der Waals surface area contributed by atoms with Crippen molar-refractivity contribution in [2.75, 3.05) is 19.5 Å². The summed E-state index contributed by atoms with van der Waals surface area (Å²) in [6, 6.07) is 22.0. The number of aromatic nitrogens is 2. The van der Waals surface area contributed by atoms with E-state index in [9.17, 15) is 0 Å². The highest BCUT2D eigenvalue weighted by molar-refractivity contribution is 5.76. The van der Waals surface area contributed by atoms with Crippen LogP contribution < -0.4 is 14.8 Å². The smallest absolute Gasteiger partial charge is 0.139 e. The van der Waals surface area contributed by atoms with Crippen molar-refractivity contribution in [2.24, 2.45) is 0 Å². The Morgan fingerprint density at radius 1 is 0.852 bits per heavy atom. The second-order valence-corrected chi connectivity index (χ2v) is 6.17. The number of hydrogen-bond donors (Lipinski definition) is 1. The Balaban J connectivity index is 1.68. The van der Waals surface area contributed by atoms with Gasteiger partial charge in [0.2, 0.25) is 0 Å². The molecule has 136 valence electrons. The predicted molar refractivity (Wildman–Crippen MR) is 108 cm³/mol. The second kappa shape index (κ2) is 7.41. The zero-order valence-corrected chi connectivity index (χ0v) is 15.3. The molecule has 0 aliphatic heterocycles. The van der Waals surface area contributed by atoms with Gasteiger partial charge >= 0.3 is 0 Å². The summed E-state index contributed by atoms with van der Waals surface area (Å²) in [5.41, 5.74) is 4.03. The third kappa shape index (κ3) is 3.44. The molecule has 2 heterocycles. The van der Waals surface area contributed by atoms with Crippen molar-refractivity contribution >= 4 is 11.5 Å². The second-order valence-electron chi connectivity index (χ2n) is 6.17. The molecule has 0 amide bonds. The minimum atomic E-state index is 0.690. The molecule has 4 rings (SSSR count). The number of pyridine rings is 1. The topological polar surface area (TPSA) is 47.8 Å². The van der Waals surface area contributed by atoms with Crippen LogP contribution in [0.3, 0.4) is 0 Å². The van der Waals surface area contributed by atoms with E-state index < -0.39 is 0 Å². The van der Waals surface area contributed by atoms with Gasteiger partial charge in [-0.3, -0.25) is 4.40 Å². The van der Waals surface area contributed by atoms with Gasteiger partial charge in [0, 0.05) is 18.3 Å². The number of nitrogens with zero attached hydrogens (tertiary/aromatic N) is 2. The van der Waals surface area contributed by atoms with Crippen LogP contribution in [0.15, 0.2) is 72.9 Å². The zero-order chi connectivity index (χ0) is 18.6. The fourth-order valence-electron chi connectivity index (χ4n) is 3.04. The maximum absolute atomic E-state index is 5.27. The normalized spacial score (nSPS) is 10.7. The van der Waals surface area contributed by atoms with Crippen LogP contribution in [0.2, 0.25) is 0 Å². The molecule has 0 atom stereocenters. The summed E-state index contributed by atoms with van der Waals surface area (Å²) < 4.78 is 12.6. The van der Waals surface area contributed by atoms with Gasteiger partial charge in [-0.2, -0.15) is 0 Å². The van der Waals surface area contributed by atoms with Crippen LogP contribution in [0.5, 0.6) is 11.5 Å². The third-order valence-electron chi connectivity index (χ3n) is 4.51. The van der Waals surface area contributed by atoms with Gasteiger partial charge < -0.3 is 14.8 Å². The first-order chi connectivity index (χ1) is 13.3. The molecule has 0 spiro atoms. The standard InChI is InChI=1S/C22H21N3O2/c1-26-18-10-6-16(7-11-18)15-23-22-21(17-8-12-19(27-2)13-9-17)24-20-5-3-4-14-25(20)22/h3-14,23H,15H2,1-2H3. The molecule has 4 aromatic rings. The SMILES string of the molecule is COc1ccc(CNc2c(-c3ccc(OC)cc3)nc3ccccn23)cc1. The lowest BCUT2D eigenvalue weighted by Gasteiger charge is -2.10. The minimum absolute atomic E-state index is 0.690. The van der Waals surface area contributed by atoms with E-state index in [0.717, 1.165) is 34.2 Å². The molecule has 2 aromatic carbocycles. The third-order valence-corrected chi connectivity index (χ3v) is 4.51. The highest BCUT2D eigenvalue weighted by atomic mass is 16.5. The van der Waals surface area contributed by atoms with E-state index in [2.05, 4.69) is 21.9 Å². The largest absolute Gasteiger partial charge is 0.497 e. The van der Waals surface area contributed by atoms with Gasteiger partial charge in [-0.15, -0.1) is 0 Å². The Bertz CT molecular complexity index is 1040. The van der Waals surface area contributed by atoms with Crippen LogP contribution in [-0.2, 0) is 6.54 Å². The van der Waals surface area contributed by atoms with Crippen molar-refractivity contribution in [1.29, 1.82) is 0 Å². The molecule has 27 heavy (non-hydrogen) atoms. The van der Waals surface area contributed by atoms with Gasteiger partial charge in [-0.05, 0) is 54.1 Å². The lowest BCUT2D eigenvalue weighted by molar-refractivity contribution is 0.414. The molecule has 5 heteroatoms. The Labute approximate surface area is 158 Å². The molecule has 0 aliphatic carbocycles. The Morgan fingerprint density at radius 3 is 2.19 bits per heavy atom. The maximum Gasteiger partial charge on any atom is 0.139 e. The fourth-order valence-corrected chi connectivity index (χ4v) is 3.04. The maximum atomic E-state index is 5.27. The number of benzene rings is 2. The summed E-state index contributed by atoms with van der Waals surface area (Å²) in [6.45, 7) is 0.690. The Morgan fingerprint density at radius 2 is 1.52 bits per heavy atom. The van der Waals surface area contributed by atoms with E-state index in [-0.39, 0.29) is 0 Å². The van der Waals surface area contributed by atoms with Crippen molar-refractivity contribution in [3.8, 4) is 22.8 Å². The van der Waals surface area contributed by atoms with Gasteiger partial charge in [0.25, 0.3) is 0 Å². The molecular formula is C22H21N3O2. The fraction of sp³-hybridized carbons (Fsp3) is 0.136. The van der Waals surface area contributed by atoms with Crippen LogP contribution in [-0.4, -0.2) is 23.6 Å². The molecule has 0 aliphatic rings. The average molecular weight is 359 g/mol. The van der Waals surface area contributed by atoms with Crippen molar-refractivity contribution in [1.82, 2.24) is 9.38 Å². The number of hydrogen-bond acceptors (Lipinski definition) is 4. The highest BCUT2D eigenvalue weighted by Crippen LogP contribution is 2.30. The quantitative estimate of drug-likeness (QED) is 0.545. The number of methoxy groups -OCH3 is 2. The van der Waals surface area contributed by atoms with Gasteiger partial charge in [0.15, 0.2) is 0 Å². The van der Waals surface area contributed by atoms with E-state index in [1.54, 1.807) is 14.2 Å². The molecule has 0 unspecified atom stereocenters. The highest BCUT2D eigenvalue weighted by Gasteiger charge is 2.14. The number of fused-ring (bicyclic) bond motifs is 1. The van der Waals surface area contributed by atoms with Gasteiger partial charge in [-0.25, -0.2) is 4.98 Å². The van der Waals surface area contributed by atoms with E-state index >= 15 is 0 Å². The number of ether oxygens (including phenoxy) is 2. The van der Waals surface area contributed by atoms with Crippen molar-refractivity contribution < 1.29 is 9.47 Å². The molecule has 5 nitrogen and oxygen atoms in total. The number of imidazole rings is 1. The molecular weight excluding hydrogens is 338 g/mol. The monoisotopic (exact) mass is 359 g/mol. The van der Waals surface area contributed by atoms with Crippen molar-refractivity contribution in [3.63, 3.8) is 0 Å². The molecule has 1 N–H and O–H groups in total. The molecule has 0 fully saturated rings. The summed E-state index contributed by atoms with van der Waals surface area (Å²) in [5, 5.41) is 3.55. The van der Waals surface area contributed by atoms with Crippen molar-refractivity contribution in [2.45, 2.75) is 6.54 Å². The van der Waals surface area contributed by atoms with Crippen LogP contribution in [0.25, 0.3) is 16.9 Å². The predicted octanol–water partition coefficient (Wildman–Crippen LogP) is 4.63. The van der Waals surface area contributed by atoms with Gasteiger partial charge in [-0.1, -0.05) is 18.2 Å². The zero-order valence-electron chi connectivity index (χ0n) is 15.3. The number of rotatable bonds is 6. The Hall–Kier alpha value is -3.47. The summed E-state index contributed by atoms with van der Waals surface area (Å²) in [6.07, 6.45) is 2.02. The van der Waals surface area contributed by atoms with E-state index in [4.69, 9.17) is 14.5 Å². The first kappa shape index (κ1) is 17.0. The molecule has 0 radical (unpaired) electrons. The average Bonchev–Trinajstić information content (AvgIpc) is 3.11. The summed E-state index contributed by atoms with van der Waals surface area (Å²) in [5.74, 6) is 2.65. The first-order valence-corrected chi connectivity index (χ1v) is 8.77.